The monoisotopic (exact) mass is 644 g/mol. The number of rotatable bonds is 10. The average molecular weight is 645 g/mol. The van der Waals surface area contributed by atoms with Crippen molar-refractivity contribution in [1.82, 2.24) is 0 Å². The van der Waals surface area contributed by atoms with Crippen molar-refractivity contribution in [3.05, 3.63) is 92.6 Å². The molecule has 2 atom stereocenters. The van der Waals surface area contributed by atoms with Crippen molar-refractivity contribution in [1.29, 1.82) is 5.41 Å². The number of nitrogens with one attached hydrogen (secondary N) is 1. The highest BCUT2D eigenvalue weighted by molar-refractivity contribution is 6.45. The number of carbonyl (C=O) groups excluding carboxylic acids is 2. The molecule has 1 aromatic rings. The third kappa shape index (κ3) is 7.76. The maximum Gasteiger partial charge on any atom is 0.429 e. The molecule has 0 saturated carbocycles. The van der Waals surface area contributed by atoms with Crippen LogP contribution in [0.4, 0.5) is 26.3 Å². The lowest BCUT2D eigenvalue weighted by molar-refractivity contribution is -0.114. The number of benzene rings is 1. The zero-order valence-electron chi connectivity index (χ0n) is 26.4. The van der Waals surface area contributed by atoms with Crippen LogP contribution < -0.4 is 0 Å². The number of aryl methyl sites for hydroxylation is 2. The highest BCUT2D eigenvalue weighted by atomic mass is 19.4. The van der Waals surface area contributed by atoms with Gasteiger partial charge in [-0.3, -0.25) is 14.6 Å². The van der Waals surface area contributed by atoms with E-state index < -0.39 is 35.2 Å². The van der Waals surface area contributed by atoms with Crippen LogP contribution >= 0.6 is 0 Å². The van der Waals surface area contributed by atoms with Gasteiger partial charge in [-0.15, -0.1) is 0 Å². The van der Waals surface area contributed by atoms with Crippen LogP contribution in [0.25, 0.3) is 0 Å². The van der Waals surface area contributed by atoms with Crippen LogP contribution in [0.15, 0.2) is 75.4 Å². The molecule has 1 heterocycles. The Bertz CT molecular complexity index is 1620. The number of ketones is 2. The Labute approximate surface area is 265 Å². The molecule has 10 heteroatoms. The maximum atomic E-state index is 14.4. The summed E-state index contributed by atoms with van der Waals surface area (Å²) in [4.78, 5) is 30.7. The quantitative estimate of drug-likeness (QED) is 0.157. The van der Waals surface area contributed by atoms with E-state index in [2.05, 4.69) is 4.99 Å². The second-order valence-electron chi connectivity index (χ2n) is 12.3. The first-order chi connectivity index (χ1) is 21.5. The Morgan fingerprint density at radius 3 is 2.41 bits per heavy atom. The summed E-state index contributed by atoms with van der Waals surface area (Å²) in [5, 5.41) is 8.09. The zero-order valence-corrected chi connectivity index (χ0v) is 26.4. The molecular formula is C36H38F6N2O2. The lowest BCUT2D eigenvalue weighted by Crippen LogP contribution is -2.33. The molecule has 0 spiro atoms. The van der Waals surface area contributed by atoms with Crippen molar-refractivity contribution in [2.45, 2.75) is 85.0 Å². The number of allylic oxidation sites excluding steroid dienone is 10. The topological polar surface area (TPSA) is 70.3 Å². The molecule has 1 N–H and O–H groups in total. The first-order valence-electron chi connectivity index (χ1n) is 15.5. The Morgan fingerprint density at radius 1 is 1.04 bits per heavy atom. The lowest BCUT2D eigenvalue weighted by Gasteiger charge is -2.32. The van der Waals surface area contributed by atoms with Gasteiger partial charge in [-0.25, -0.2) is 0 Å². The first-order valence-corrected chi connectivity index (χ1v) is 15.5. The van der Waals surface area contributed by atoms with Crippen LogP contribution in [0.2, 0.25) is 0 Å². The Balaban J connectivity index is 1.72. The van der Waals surface area contributed by atoms with Gasteiger partial charge in [0.05, 0.1) is 11.3 Å². The fraction of sp³-hybridized carbons (Fsp3) is 0.444. The Morgan fingerprint density at radius 2 is 1.76 bits per heavy atom. The summed E-state index contributed by atoms with van der Waals surface area (Å²) >= 11 is 0. The van der Waals surface area contributed by atoms with E-state index in [1.54, 1.807) is 39.0 Å². The van der Waals surface area contributed by atoms with Crippen molar-refractivity contribution in [2.75, 3.05) is 6.54 Å². The summed E-state index contributed by atoms with van der Waals surface area (Å²) in [5.74, 6) is -1.49. The minimum Gasteiger partial charge on any atom is -0.301 e. The smallest absolute Gasteiger partial charge is 0.301 e. The molecule has 4 rings (SSSR count). The fourth-order valence-corrected chi connectivity index (χ4v) is 6.28. The molecule has 4 nitrogen and oxygen atoms in total. The summed E-state index contributed by atoms with van der Waals surface area (Å²) in [6.07, 6.45) is -1.29. The summed E-state index contributed by atoms with van der Waals surface area (Å²) < 4.78 is 83.5. The second kappa shape index (κ2) is 13.9. The Hall–Kier alpha value is -3.82. The van der Waals surface area contributed by atoms with Crippen LogP contribution in [0.1, 0.15) is 79.4 Å². The van der Waals surface area contributed by atoms with Gasteiger partial charge in [0.15, 0.2) is 5.78 Å². The molecule has 1 aliphatic heterocycles. The van der Waals surface area contributed by atoms with E-state index in [-0.39, 0.29) is 72.1 Å². The van der Waals surface area contributed by atoms with E-state index in [1.165, 1.54) is 12.2 Å². The summed E-state index contributed by atoms with van der Waals surface area (Å²) in [6.45, 7) is 7.06. The number of hydrogen-bond donors (Lipinski definition) is 1. The fourth-order valence-electron chi connectivity index (χ4n) is 6.28. The highest BCUT2D eigenvalue weighted by Gasteiger charge is 2.42. The van der Waals surface area contributed by atoms with E-state index in [1.807, 2.05) is 13.0 Å². The standard InChI is InChI=1S/C36H38F6N2O2/c1-5-30(43)34(46)27-15-20(2)14-21(3)26(27)18-31(45)28-16-24(13-12-23-17-32(36(40,41)42)44-19-22(23)4)33(28)25-10-8-6-7-9-11-29(25)35(37,38)39/h7,9-11,14-16,22-23,43H,5-6,8,12-13,17-19H2,1-4H3. The lowest BCUT2D eigenvalue weighted by atomic mass is 9.73. The molecule has 2 unspecified atom stereocenters. The van der Waals surface area contributed by atoms with E-state index in [4.69, 9.17) is 5.41 Å². The van der Waals surface area contributed by atoms with Crippen molar-refractivity contribution in [3.63, 3.8) is 0 Å². The molecule has 46 heavy (non-hydrogen) atoms. The molecule has 0 bridgehead atoms. The van der Waals surface area contributed by atoms with E-state index in [9.17, 15) is 35.9 Å². The van der Waals surface area contributed by atoms with Gasteiger partial charge in [0, 0.05) is 24.1 Å². The second-order valence-corrected chi connectivity index (χ2v) is 12.3. The normalized spacial score (nSPS) is 20.6. The third-order valence-electron chi connectivity index (χ3n) is 8.92. The number of nitrogens with zero attached hydrogens (tertiary/aromatic N) is 1. The third-order valence-corrected chi connectivity index (χ3v) is 8.92. The van der Waals surface area contributed by atoms with Gasteiger partial charge in [-0.05, 0) is 110 Å². The van der Waals surface area contributed by atoms with E-state index in [0.29, 0.717) is 36.0 Å². The van der Waals surface area contributed by atoms with Gasteiger partial charge < -0.3 is 5.41 Å². The van der Waals surface area contributed by atoms with E-state index >= 15 is 0 Å². The first kappa shape index (κ1) is 35.0. The summed E-state index contributed by atoms with van der Waals surface area (Å²) in [7, 11) is 0. The molecular weight excluding hydrogens is 606 g/mol. The van der Waals surface area contributed by atoms with Gasteiger partial charge in [0.2, 0.25) is 5.78 Å². The summed E-state index contributed by atoms with van der Waals surface area (Å²) in [6, 6.07) is 3.43. The predicted octanol–water partition coefficient (Wildman–Crippen LogP) is 9.47. The van der Waals surface area contributed by atoms with Gasteiger partial charge in [0.1, 0.15) is 5.71 Å². The van der Waals surface area contributed by atoms with Crippen LogP contribution in [0, 0.1) is 31.1 Å². The van der Waals surface area contributed by atoms with Crippen LogP contribution in [-0.4, -0.2) is 41.9 Å². The van der Waals surface area contributed by atoms with Crippen molar-refractivity contribution >= 4 is 23.0 Å². The molecule has 0 radical (unpaired) electrons. The van der Waals surface area contributed by atoms with Crippen molar-refractivity contribution < 1.29 is 35.9 Å². The van der Waals surface area contributed by atoms with Crippen LogP contribution in [-0.2, 0) is 11.2 Å². The molecule has 0 fully saturated rings. The van der Waals surface area contributed by atoms with Gasteiger partial charge in [-0.2, -0.15) is 26.3 Å². The molecule has 246 valence electrons. The maximum absolute atomic E-state index is 14.4. The molecule has 0 aromatic heterocycles. The summed E-state index contributed by atoms with van der Waals surface area (Å²) in [5.41, 5.74) is 0.872. The largest absolute Gasteiger partial charge is 0.429 e. The number of carbonyl (C=O) groups is 2. The van der Waals surface area contributed by atoms with Crippen LogP contribution in [0.5, 0.6) is 0 Å². The Kier molecular flexibility index (Phi) is 10.6. The number of alkyl halides is 6. The van der Waals surface area contributed by atoms with Gasteiger partial charge in [0.25, 0.3) is 0 Å². The highest BCUT2D eigenvalue weighted by Crippen LogP contribution is 2.46. The predicted molar refractivity (Wildman–Crippen MR) is 168 cm³/mol. The number of halogens is 6. The molecule has 3 aliphatic rings. The number of hydrogen-bond acceptors (Lipinski definition) is 4. The SMILES string of the molecule is CCC(=N)C(=O)c1cc(C)cc(C)c1CC(=O)C1=C(C2=CCCC=CC=C2C(F)(F)F)C(CCC2CC(C(F)(F)F)=NCC2C)=C1. The van der Waals surface area contributed by atoms with Crippen molar-refractivity contribution in [3.8, 4) is 0 Å². The molecule has 2 aliphatic carbocycles. The zero-order chi connectivity index (χ0) is 34.0. The average Bonchev–Trinajstić information content (AvgIpc) is 2.93. The number of Topliss-reactive ketones (excluding diaryl/α,β-unsaturated/α-hetero) is 2. The number of aliphatic imine (C=N–C) groups is 1. The minimum atomic E-state index is -4.72. The molecule has 1 aromatic carbocycles. The molecule has 0 saturated heterocycles. The minimum absolute atomic E-state index is 0.0237. The van der Waals surface area contributed by atoms with E-state index in [0.717, 1.165) is 11.6 Å². The van der Waals surface area contributed by atoms with Crippen LogP contribution in [0.3, 0.4) is 0 Å². The van der Waals surface area contributed by atoms with Gasteiger partial charge >= 0.3 is 12.4 Å². The van der Waals surface area contributed by atoms with Crippen molar-refractivity contribution in [2.24, 2.45) is 16.8 Å². The van der Waals surface area contributed by atoms with Gasteiger partial charge in [-0.1, -0.05) is 43.7 Å². The molecule has 0 amide bonds.